The molecule has 126 valence electrons. The third-order valence-corrected chi connectivity index (χ3v) is 4.85. The fourth-order valence-electron chi connectivity index (χ4n) is 3.56. The minimum absolute atomic E-state index is 0.832. The highest BCUT2D eigenvalue weighted by molar-refractivity contribution is 5.79. The molecule has 2 nitrogen and oxygen atoms in total. The molecule has 0 aromatic heterocycles. The number of carboxylic acid groups (broad SMARTS) is 1. The predicted octanol–water partition coefficient (Wildman–Crippen LogP) is 6.13. The fraction of sp³-hybridized carbons (Fsp3) is 0.750. The summed E-state index contributed by atoms with van der Waals surface area (Å²) in [6.07, 6.45) is 23.2. The van der Waals surface area contributed by atoms with Gasteiger partial charge in [0.05, 0.1) is 0 Å². The molecular formula is C20H34O2. The number of unbranched alkanes of at least 4 members (excludes halogenated alkanes) is 5. The van der Waals surface area contributed by atoms with Crippen molar-refractivity contribution in [3.63, 3.8) is 0 Å². The Balaban J connectivity index is 2.11. The minimum Gasteiger partial charge on any atom is -0.478 e. The molecule has 0 aliphatic heterocycles. The van der Waals surface area contributed by atoms with E-state index in [1.807, 2.05) is 0 Å². The van der Waals surface area contributed by atoms with Crippen LogP contribution in [0.15, 0.2) is 24.3 Å². The van der Waals surface area contributed by atoms with Crippen LogP contribution in [-0.4, -0.2) is 11.1 Å². The molecular weight excluding hydrogens is 272 g/mol. The Hall–Kier alpha value is -1.05. The van der Waals surface area contributed by atoms with Gasteiger partial charge in [0, 0.05) is 6.08 Å². The summed E-state index contributed by atoms with van der Waals surface area (Å²) in [5, 5.41) is 8.53. The van der Waals surface area contributed by atoms with Gasteiger partial charge in [0.2, 0.25) is 0 Å². The molecule has 22 heavy (non-hydrogen) atoms. The number of allylic oxidation sites excluding steroid dienone is 3. The summed E-state index contributed by atoms with van der Waals surface area (Å²) in [5.74, 6) is 0.974. The number of carboxylic acids is 1. The van der Waals surface area contributed by atoms with Crippen molar-refractivity contribution >= 4 is 5.97 Å². The van der Waals surface area contributed by atoms with E-state index in [1.54, 1.807) is 6.08 Å². The Morgan fingerprint density at radius 1 is 1.00 bits per heavy atom. The van der Waals surface area contributed by atoms with Gasteiger partial charge in [0.25, 0.3) is 0 Å². The number of rotatable bonds is 12. The van der Waals surface area contributed by atoms with Crippen LogP contribution >= 0.6 is 0 Å². The van der Waals surface area contributed by atoms with Crippen LogP contribution in [0, 0.1) is 11.8 Å². The lowest BCUT2D eigenvalue weighted by Crippen LogP contribution is -2.06. The number of carbonyl (C=O) groups is 1. The molecule has 1 aliphatic carbocycles. The first kappa shape index (κ1) is 19.0. The van der Waals surface area contributed by atoms with Crippen LogP contribution in [0.1, 0.15) is 84.0 Å². The second-order valence-corrected chi connectivity index (χ2v) is 6.68. The summed E-state index contributed by atoms with van der Waals surface area (Å²) in [4.78, 5) is 10.4. The van der Waals surface area contributed by atoms with Crippen molar-refractivity contribution in [2.45, 2.75) is 84.0 Å². The summed E-state index contributed by atoms with van der Waals surface area (Å²) >= 11 is 0. The molecule has 2 heteroatoms. The van der Waals surface area contributed by atoms with E-state index in [2.05, 4.69) is 19.1 Å². The maximum atomic E-state index is 10.4. The van der Waals surface area contributed by atoms with E-state index in [1.165, 1.54) is 70.3 Å². The van der Waals surface area contributed by atoms with Crippen LogP contribution in [0.3, 0.4) is 0 Å². The molecule has 0 aromatic rings. The predicted molar refractivity (Wildman–Crippen MR) is 94.0 cm³/mol. The standard InChI is InChI=1S/C20H34O2/c1-2-3-4-5-6-9-13-18-15-12-16-19(18)14-10-7-8-11-17-20(21)22/h6,9,11,17-19H,2-5,7-8,10,12-16H2,1H3,(H,21,22)/t18-,19-/m0/s1. The van der Waals surface area contributed by atoms with E-state index in [-0.39, 0.29) is 0 Å². The molecule has 1 fully saturated rings. The van der Waals surface area contributed by atoms with Gasteiger partial charge in [0.1, 0.15) is 0 Å². The van der Waals surface area contributed by atoms with Crippen molar-refractivity contribution in [3.05, 3.63) is 24.3 Å². The van der Waals surface area contributed by atoms with Crippen molar-refractivity contribution in [2.75, 3.05) is 0 Å². The average Bonchev–Trinajstić information content (AvgIpc) is 2.93. The first-order valence-corrected chi connectivity index (χ1v) is 9.28. The van der Waals surface area contributed by atoms with Crippen LogP contribution in [0.25, 0.3) is 0 Å². The van der Waals surface area contributed by atoms with Gasteiger partial charge in [-0.1, -0.05) is 63.7 Å². The van der Waals surface area contributed by atoms with Crippen molar-refractivity contribution in [1.29, 1.82) is 0 Å². The maximum Gasteiger partial charge on any atom is 0.327 e. The van der Waals surface area contributed by atoms with E-state index in [9.17, 15) is 4.79 Å². The van der Waals surface area contributed by atoms with E-state index in [0.717, 1.165) is 24.7 Å². The van der Waals surface area contributed by atoms with Crippen LogP contribution in [0.5, 0.6) is 0 Å². The Labute approximate surface area is 136 Å². The van der Waals surface area contributed by atoms with Gasteiger partial charge in [-0.25, -0.2) is 4.79 Å². The van der Waals surface area contributed by atoms with Crippen molar-refractivity contribution in [2.24, 2.45) is 11.8 Å². The van der Waals surface area contributed by atoms with Crippen LogP contribution in [-0.2, 0) is 4.79 Å². The van der Waals surface area contributed by atoms with Crippen LogP contribution in [0.4, 0.5) is 0 Å². The Morgan fingerprint density at radius 3 is 2.50 bits per heavy atom. The quantitative estimate of drug-likeness (QED) is 0.267. The molecule has 1 saturated carbocycles. The van der Waals surface area contributed by atoms with Gasteiger partial charge in [-0.3, -0.25) is 0 Å². The lowest BCUT2D eigenvalue weighted by molar-refractivity contribution is -0.131. The molecule has 0 spiro atoms. The summed E-state index contributed by atoms with van der Waals surface area (Å²) < 4.78 is 0. The molecule has 0 bridgehead atoms. The van der Waals surface area contributed by atoms with Crippen molar-refractivity contribution in [3.8, 4) is 0 Å². The first-order valence-electron chi connectivity index (χ1n) is 9.28. The lowest BCUT2D eigenvalue weighted by Gasteiger charge is -2.17. The number of hydrogen-bond acceptors (Lipinski definition) is 1. The maximum absolute atomic E-state index is 10.4. The van der Waals surface area contributed by atoms with Crippen LogP contribution < -0.4 is 0 Å². The molecule has 0 radical (unpaired) electrons. The first-order chi connectivity index (χ1) is 10.7. The lowest BCUT2D eigenvalue weighted by atomic mass is 9.88. The zero-order valence-corrected chi connectivity index (χ0v) is 14.3. The summed E-state index contributed by atoms with van der Waals surface area (Å²) in [7, 11) is 0. The van der Waals surface area contributed by atoms with Gasteiger partial charge in [-0.2, -0.15) is 0 Å². The van der Waals surface area contributed by atoms with E-state index >= 15 is 0 Å². The highest BCUT2D eigenvalue weighted by atomic mass is 16.4. The second-order valence-electron chi connectivity index (χ2n) is 6.68. The Bertz CT molecular complexity index is 344. The van der Waals surface area contributed by atoms with Gasteiger partial charge in [-0.15, -0.1) is 0 Å². The third kappa shape index (κ3) is 9.07. The van der Waals surface area contributed by atoms with Gasteiger partial charge < -0.3 is 5.11 Å². The van der Waals surface area contributed by atoms with Gasteiger partial charge in [0.15, 0.2) is 0 Å². The van der Waals surface area contributed by atoms with Crippen molar-refractivity contribution in [1.82, 2.24) is 0 Å². The molecule has 1 aliphatic rings. The van der Waals surface area contributed by atoms with Crippen molar-refractivity contribution < 1.29 is 9.90 Å². The summed E-state index contributed by atoms with van der Waals surface area (Å²) in [6.45, 7) is 2.25. The van der Waals surface area contributed by atoms with E-state index in [0.29, 0.717) is 0 Å². The summed E-state index contributed by atoms with van der Waals surface area (Å²) in [6, 6.07) is 0. The molecule has 0 unspecified atom stereocenters. The smallest absolute Gasteiger partial charge is 0.327 e. The fourth-order valence-corrected chi connectivity index (χ4v) is 3.56. The largest absolute Gasteiger partial charge is 0.478 e. The van der Waals surface area contributed by atoms with E-state index < -0.39 is 5.97 Å². The van der Waals surface area contributed by atoms with Gasteiger partial charge >= 0.3 is 5.97 Å². The molecule has 0 saturated heterocycles. The second kappa shape index (κ2) is 12.5. The normalized spacial score (nSPS) is 22.0. The molecule has 0 aromatic carbocycles. The monoisotopic (exact) mass is 306 g/mol. The Kier molecular flexibility index (Phi) is 10.8. The molecule has 2 atom stereocenters. The average molecular weight is 306 g/mol. The topological polar surface area (TPSA) is 37.3 Å². The summed E-state index contributed by atoms with van der Waals surface area (Å²) in [5.41, 5.74) is 0. The number of hydrogen-bond donors (Lipinski definition) is 1. The Morgan fingerprint density at radius 2 is 1.73 bits per heavy atom. The molecule has 1 rings (SSSR count). The highest BCUT2D eigenvalue weighted by Gasteiger charge is 2.25. The number of aliphatic carboxylic acids is 1. The SMILES string of the molecule is CCCCCC=CC[C@H]1CCC[C@@H]1CCCCC=CC(=O)O. The molecule has 0 amide bonds. The molecule has 0 heterocycles. The van der Waals surface area contributed by atoms with Gasteiger partial charge in [-0.05, 0) is 50.4 Å². The zero-order valence-electron chi connectivity index (χ0n) is 14.3. The minimum atomic E-state index is -0.832. The van der Waals surface area contributed by atoms with E-state index in [4.69, 9.17) is 5.11 Å². The highest BCUT2D eigenvalue weighted by Crippen LogP contribution is 2.37. The molecule has 1 N–H and O–H groups in total. The van der Waals surface area contributed by atoms with Crippen LogP contribution in [0.2, 0.25) is 0 Å². The third-order valence-electron chi connectivity index (χ3n) is 4.85. The zero-order chi connectivity index (χ0) is 16.0.